The summed E-state index contributed by atoms with van der Waals surface area (Å²) >= 11 is 0. The second-order valence-electron chi connectivity index (χ2n) is 7.75. The number of Topliss-reactive ketones (excluding diaryl/α,β-unsaturated/α-hetero) is 1. The summed E-state index contributed by atoms with van der Waals surface area (Å²) in [5, 5.41) is 23.0. The second kappa shape index (κ2) is 9.30. The van der Waals surface area contributed by atoms with E-state index in [0.29, 0.717) is 5.56 Å². The third kappa shape index (κ3) is 4.39. The van der Waals surface area contributed by atoms with Gasteiger partial charge < -0.3 is 20.3 Å². The third-order valence-corrected chi connectivity index (χ3v) is 5.65. The highest BCUT2D eigenvalue weighted by atomic mass is 16.5. The molecule has 2 aromatic carbocycles. The smallest absolute Gasteiger partial charge is 0.407 e. The number of carbonyl (C=O) groups excluding carboxylic acids is 2. The van der Waals surface area contributed by atoms with E-state index in [-0.39, 0.29) is 30.5 Å². The predicted octanol–water partition coefficient (Wildman–Crippen LogP) is 3.22. The lowest BCUT2D eigenvalue weighted by atomic mass is 9.98. The molecule has 2 unspecified atom stereocenters. The van der Waals surface area contributed by atoms with Crippen LogP contribution in [-0.4, -0.2) is 46.3 Å². The van der Waals surface area contributed by atoms with Crippen LogP contribution in [0, 0.1) is 0 Å². The number of aliphatic hydroxyl groups is 2. The van der Waals surface area contributed by atoms with Crippen LogP contribution in [0.25, 0.3) is 11.1 Å². The van der Waals surface area contributed by atoms with Crippen molar-refractivity contribution in [1.29, 1.82) is 0 Å². The SMILES string of the molecule is CC(=O)c1ccc(C(O)C(O)CNC(=O)OCC2c3ccccc3-c3ccccc32)cn1. The molecule has 7 heteroatoms. The molecule has 4 rings (SSSR count). The van der Waals surface area contributed by atoms with Crippen molar-refractivity contribution in [3.8, 4) is 11.1 Å². The highest BCUT2D eigenvalue weighted by Gasteiger charge is 2.29. The van der Waals surface area contributed by atoms with Crippen LogP contribution < -0.4 is 5.32 Å². The summed E-state index contributed by atoms with van der Waals surface area (Å²) in [6.07, 6.45) is -1.88. The van der Waals surface area contributed by atoms with Gasteiger partial charge in [-0.25, -0.2) is 4.79 Å². The number of benzene rings is 2. The minimum atomic E-state index is -1.27. The molecule has 3 aromatic rings. The van der Waals surface area contributed by atoms with Crippen molar-refractivity contribution in [3.05, 3.63) is 89.2 Å². The van der Waals surface area contributed by atoms with Crippen LogP contribution in [0.15, 0.2) is 66.9 Å². The minimum Gasteiger partial charge on any atom is -0.449 e. The molecule has 32 heavy (non-hydrogen) atoms. The molecule has 2 atom stereocenters. The van der Waals surface area contributed by atoms with E-state index >= 15 is 0 Å². The van der Waals surface area contributed by atoms with E-state index < -0.39 is 18.3 Å². The lowest BCUT2D eigenvalue weighted by Gasteiger charge is -2.19. The van der Waals surface area contributed by atoms with E-state index in [0.717, 1.165) is 22.3 Å². The molecule has 1 aliphatic carbocycles. The molecular weight excluding hydrogens is 408 g/mol. The van der Waals surface area contributed by atoms with Crippen LogP contribution in [0.2, 0.25) is 0 Å². The van der Waals surface area contributed by atoms with Gasteiger partial charge in [0.2, 0.25) is 0 Å². The average Bonchev–Trinajstić information content (AvgIpc) is 3.14. The number of hydrogen-bond acceptors (Lipinski definition) is 6. The van der Waals surface area contributed by atoms with Gasteiger partial charge in [0.1, 0.15) is 24.5 Å². The van der Waals surface area contributed by atoms with Crippen LogP contribution in [0.4, 0.5) is 4.79 Å². The van der Waals surface area contributed by atoms with E-state index in [4.69, 9.17) is 4.74 Å². The predicted molar refractivity (Wildman–Crippen MR) is 118 cm³/mol. The lowest BCUT2D eigenvalue weighted by Crippen LogP contribution is -2.36. The van der Waals surface area contributed by atoms with Crippen molar-refractivity contribution >= 4 is 11.9 Å². The molecule has 0 saturated heterocycles. The summed E-state index contributed by atoms with van der Waals surface area (Å²) < 4.78 is 5.42. The fraction of sp³-hybridized carbons (Fsp3) is 0.240. The van der Waals surface area contributed by atoms with Gasteiger partial charge >= 0.3 is 6.09 Å². The fourth-order valence-electron chi connectivity index (χ4n) is 3.96. The van der Waals surface area contributed by atoms with E-state index in [2.05, 4.69) is 22.4 Å². The van der Waals surface area contributed by atoms with Gasteiger partial charge in [-0.1, -0.05) is 54.6 Å². The molecule has 3 N–H and O–H groups in total. The zero-order valence-corrected chi connectivity index (χ0v) is 17.6. The number of alkyl carbamates (subject to hydrolysis) is 1. The number of ether oxygens (including phenoxy) is 1. The molecule has 0 spiro atoms. The Hall–Kier alpha value is -3.55. The van der Waals surface area contributed by atoms with Crippen LogP contribution in [-0.2, 0) is 4.74 Å². The van der Waals surface area contributed by atoms with Crippen LogP contribution >= 0.6 is 0 Å². The molecule has 164 valence electrons. The second-order valence-corrected chi connectivity index (χ2v) is 7.75. The van der Waals surface area contributed by atoms with Gasteiger partial charge in [-0.2, -0.15) is 0 Å². The van der Waals surface area contributed by atoms with Gasteiger partial charge in [-0.15, -0.1) is 0 Å². The van der Waals surface area contributed by atoms with Crippen LogP contribution in [0.1, 0.15) is 46.1 Å². The molecule has 0 fully saturated rings. The molecule has 0 radical (unpaired) electrons. The molecule has 7 nitrogen and oxygen atoms in total. The molecule has 0 aliphatic heterocycles. The van der Waals surface area contributed by atoms with E-state index in [9.17, 15) is 19.8 Å². The Balaban J connectivity index is 1.32. The minimum absolute atomic E-state index is 0.0606. The topological polar surface area (TPSA) is 109 Å². The third-order valence-electron chi connectivity index (χ3n) is 5.65. The Bertz CT molecular complexity index is 1080. The highest BCUT2D eigenvalue weighted by molar-refractivity contribution is 5.92. The van der Waals surface area contributed by atoms with Crippen molar-refractivity contribution in [1.82, 2.24) is 10.3 Å². The zero-order valence-electron chi connectivity index (χ0n) is 17.6. The van der Waals surface area contributed by atoms with Crippen LogP contribution in [0.3, 0.4) is 0 Å². The molecule has 1 amide bonds. The summed E-state index contributed by atoms with van der Waals surface area (Å²) in [5.41, 5.74) is 5.11. The molecule has 1 aliphatic rings. The first-order valence-electron chi connectivity index (χ1n) is 10.4. The Morgan fingerprint density at radius 1 is 1.00 bits per heavy atom. The Kier molecular flexibility index (Phi) is 6.30. The number of hydrogen-bond donors (Lipinski definition) is 3. The quantitative estimate of drug-likeness (QED) is 0.495. The summed E-state index contributed by atoms with van der Waals surface area (Å²) in [6, 6.07) is 19.1. The number of nitrogens with one attached hydrogen (secondary N) is 1. The maximum Gasteiger partial charge on any atom is 0.407 e. The van der Waals surface area contributed by atoms with E-state index in [1.54, 1.807) is 0 Å². The van der Waals surface area contributed by atoms with Gasteiger partial charge in [0.15, 0.2) is 5.78 Å². The standard InChI is InChI=1S/C25H24N2O5/c1-15(28)22-11-10-16(12-26-22)24(30)23(29)13-27-25(31)32-14-21-19-8-4-2-6-17(19)18-7-3-5-9-20(18)21/h2-12,21,23-24,29-30H,13-14H2,1H3,(H,27,31). The maximum absolute atomic E-state index is 12.2. The Morgan fingerprint density at radius 3 is 2.19 bits per heavy atom. The molecular formula is C25H24N2O5. The first-order chi connectivity index (χ1) is 15.5. The zero-order chi connectivity index (χ0) is 22.7. The number of carbonyl (C=O) groups is 2. The number of amides is 1. The normalized spacial score (nSPS) is 14.2. The highest BCUT2D eigenvalue weighted by Crippen LogP contribution is 2.44. The number of aromatic nitrogens is 1. The van der Waals surface area contributed by atoms with E-state index in [1.165, 1.54) is 25.3 Å². The van der Waals surface area contributed by atoms with Crippen LogP contribution in [0.5, 0.6) is 0 Å². The van der Waals surface area contributed by atoms with Crippen molar-refractivity contribution < 1.29 is 24.5 Å². The molecule has 1 heterocycles. The summed E-state index contributed by atoms with van der Waals surface area (Å²) in [4.78, 5) is 27.5. The molecule has 0 bridgehead atoms. The molecule has 0 saturated carbocycles. The van der Waals surface area contributed by atoms with Gasteiger partial charge in [0.25, 0.3) is 0 Å². The number of ketones is 1. The number of rotatable bonds is 7. The van der Waals surface area contributed by atoms with Crippen molar-refractivity contribution in [3.63, 3.8) is 0 Å². The Labute approximate surface area is 185 Å². The van der Waals surface area contributed by atoms with Gasteiger partial charge in [0, 0.05) is 31.1 Å². The van der Waals surface area contributed by atoms with Crippen molar-refractivity contribution in [2.45, 2.75) is 25.0 Å². The summed E-state index contributed by atoms with van der Waals surface area (Å²) in [6.45, 7) is 1.35. The summed E-state index contributed by atoms with van der Waals surface area (Å²) in [5.74, 6) is -0.252. The number of nitrogens with zero attached hydrogens (tertiary/aromatic N) is 1. The number of pyridine rings is 1. The number of aliphatic hydroxyl groups excluding tert-OH is 2. The first kappa shape index (κ1) is 21.7. The van der Waals surface area contributed by atoms with Gasteiger partial charge in [-0.05, 0) is 28.3 Å². The maximum atomic E-state index is 12.2. The van der Waals surface area contributed by atoms with Crippen molar-refractivity contribution in [2.75, 3.05) is 13.2 Å². The Morgan fingerprint density at radius 2 is 1.62 bits per heavy atom. The first-order valence-corrected chi connectivity index (χ1v) is 10.4. The summed E-state index contributed by atoms with van der Waals surface area (Å²) in [7, 11) is 0. The lowest BCUT2D eigenvalue weighted by molar-refractivity contribution is 0.0183. The van der Waals surface area contributed by atoms with Gasteiger partial charge in [-0.3, -0.25) is 9.78 Å². The van der Waals surface area contributed by atoms with E-state index in [1.807, 2.05) is 36.4 Å². The number of fused-ring (bicyclic) bond motifs is 3. The average molecular weight is 432 g/mol. The molecule has 1 aromatic heterocycles. The fourth-order valence-corrected chi connectivity index (χ4v) is 3.96. The van der Waals surface area contributed by atoms with Gasteiger partial charge in [0.05, 0.1) is 0 Å². The van der Waals surface area contributed by atoms with Crippen molar-refractivity contribution in [2.24, 2.45) is 0 Å². The monoisotopic (exact) mass is 432 g/mol. The largest absolute Gasteiger partial charge is 0.449 e.